The first-order valence-electron chi connectivity index (χ1n) is 6.71. The number of aromatic nitrogens is 2. The molecular formula is C17H15N3O. The number of fused-ring (bicyclic) bond motifs is 1. The number of hydrogen-bond acceptors (Lipinski definition) is 3. The third-order valence-corrected chi connectivity index (χ3v) is 3.46. The number of pyridine rings is 2. The Bertz CT molecular complexity index is 827. The second-order valence-electron chi connectivity index (χ2n) is 5.11. The zero-order chi connectivity index (χ0) is 14.8. The number of carbonyl (C=O) groups excluding carboxylic acids is 1. The Morgan fingerprint density at radius 2 is 2.05 bits per heavy atom. The second-order valence-corrected chi connectivity index (χ2v) is 5.11. The van der Waals surface area contributed by atoms with Crippen LogP contribution in [0.3, 0.4) is 0 Å². The minimum absolute atomic E-state index is 0.433. The van der Waals surface area contributed by atoms with E-state index in [1.54, 1.807) is 18.5 Å². The van der Waals surface area contributed by atoms with Crippen LogP contribution in [0, 0.1) is 6.92 Å². The number of benzene rings is 1. The highest BCUT2D eigenvalue weighted by Gasteiger charge is 2.09. The van der Waals surface area contributed by atoms with Crippen LogP contribution in [0.15, 0.2) is 48.9 Å². The number of rotatable bonds is 3. The molecule has 3 aromatic rings. The van der Waals surface area contributed by atoms with E-state index in [1.807, 2.05) is 18.3 Å². The zero-order valence-electron chi connectivity index (χ0n) is 11.7. The fraction of sp³-hybridized carbons (Fsp3) is 0.118. The van der Waals surface area contributed by atoms with Crippen molar-refractivity contribution in [1.82, 2.24) is 9.97 Å². The number of amides is 1. The van der Waals surface area contributed by atoms with Gasteiger partial charge in [-0.3, -0.25) is 14.8 Å². The van der Waals surface area contributed by atoms with E-state index in [2.05, 4.69) is 29.0 Å². The maximum absolute atomic E-state index is 11.4. The van der Waals surface area contributed by atoms with Crippen LogP contribution in [0.5, 0.6) is 0 Å². The first kappa shape index (κ1) is 13.2. The highest BCUT2D eigenvalue weighted by atomic mass is 16.1. The minimum Gasteiger partial charge on any atom is -0.366 e. The SMILES string of the molecule is Cc1ccc2ncc(Cc3cnccc3C(N)=O)cc2c1. The summed E-state index contributed by atoms with van der Waals surface area (Å²) >= 11 is 0. The monoisotopic (exact) mass is 277 g/mol. The van der Waals surface area contributed by atoms with Gasteiger partial charge >= 0.3 is 0 Å². The van der Waals surface area contributed by atoms with Crippen LogP contribution in [-0.2, 0) is 6.42 Å². The van der Waals surface area contributed by atoms with Gasteiger partial charge in [0.05, 0.1) is 5.52 Å². The van der Waals surface area contributed by atoms with Crippen molar-refractivity contribution in [2.45, 2.75) is 13.3 Å². The highest BCUT2D eigenvalue weighted by Crippen LogP contribution is 2.18. The number of nitrogens with two attached hydrogens (primary N) is 1. The van der Waals surface area contributed by atoms with Gasteiger partial charge in [-0.05, 0) is 42.3 Å². The lowest BCUT2D eigenvalue weighted by Crippen LogP contribution is -2.14. The van der Waals surface area contributed by atoms with Crippen molar-refractivity contribution in [2.75, 3.05) is 0 Å². The summed E-state index contributed by atoms with van der Waals surface area (Å²) in [5, 5.41) is 1.09. The second kappa shape index (κ2) is 5.32. The van der Waals surface area contributed by atoms with E-state index in [0.717, 1.165) is 22.0 Å². The van der Waals surface area contributed by atoms with Gasteiger partial charge in [0.1, 0.15) is 0 Å². The summed E-state index contributed by atoms with van der Waals surface area (Å²) in [5.41, 5.74) is 9.91. The molecule has 1 aromatic carbocycles. The molecule has 104 valence electrons. The fourth-order valence-electron chi connectivity index (χ4n) is 2.42. The Labute approximate surface area is 122 Å². The van der Waals surface area contributed by atoms with Gasteiger partial charge in [-0.25, -0.2) is 0 Å². The van der Waals surface area contributed by atoms with E-state index >= 15 is 0 Å². The summed E-state index contributed by atoms with van der Waals surface area (Å²) < 4.78 is 0. The summed E-state index contributed by atoms with van der Waals surface area (Å²) in [6, 6.07) is 9.89. The molecule has 2 aromatic heterocycles. The number of nitrogens with zero attached hydrogens (tertiary/aromatic N) is 2. The van der Waals surface area contributed by atoms with Crippen LogP contribution in [0.1, 0.15) is 27.0 Å². The van der Waals surface area contributed by atoms with Crippen LogP contribution in [0.2, 0.25) is 0 Å². The molecule has 0 aliphatic rings. The largest absolute Gasteiger partial charge is 0.366 e. The minimum atomic E-state index is -0.433. The average molecular weight is 277 g/mol. The molecule has 2 N–H and O–H groups in total. The molecule has 4 heteroatoms. The zero-order valence-corrected chi connectivity index (χ0v) is 11.7. The predicted molar refractivity (Wildman–Crippen MR) is 82.0 cm³/mol. The van der Waals surface area contributed by atoms with Crippen LogP contribution < -0.4 is 5.73 Å². The van der Waals surface area contributed by atoms with E-state index in [0.29, 0.717) is 12.0 Å². The molecule has 0 fully saturated rings. The molecule has 0 unspecified atom stereocenters. The maximum atomic E-state index is 11.4. The summed E-state index contributed by atoms with van der Waals surface area (Å²) in [7, 11) is 0. The van der Waals surface area contributed by atoms with Crippen molar-refractivity contribution in [2.24, 2.45) is 5.73 Å². The van der Waals surface area contributed by atoms with E-state index in [1.165, 1.54) is 5.56 Å². The van der Waals surface area contributed by atoms with Gasteiger partial charge < -0.3 is 5.73 Å². The number of carbonyl (C=O) groups is 1. The van der Waals surface area contributed by atoms with Crippen molar-refractivity contribution in [3.8, 4) is 0 Å². The molecule has 0 aliphatic heterocycles. The van der Waals surface area contributed by atoms with Gasteiger partial charge in [0.15, 0.2) is 0 Å². The standard InChI is InChI=1S/C17H15N3O/c1-11-2-3-16-13(6-11)7-12(9-20-16)8-14-10-19-5-4-15(14)17(18)21/h2-7,9-10H,8H2,1H3,(H2,18,21). The molecule has 0 saturated heterocycles. The van der Waals surface area contributed by atoms with Gasteiger partial charge in [0.25, 0.3) is 0 Å². The lowest BCUT2D eigenvalue weighted by Gasteiger charge is -2.07. The average Bonchev–Trinajstić information content (AvgIpc) is 2.47. The fourth-order valence-corrected chi connectivity index (χ4v) is 2.42. The highest BCUT2D eigenvalue weighted by molar-refractivity contribution is 5.94. The predicted octanol–water partition coefficient (Wildman–Crippen LogP) is 2.63. The number of primary amides is 1. The number of aryl methyl sites for hydroxylation is 1. The quantitative estimate of drug-likeness (QED) is 0.800. The van der Waals surface area contributed by atoms with Gasteiger partial charge in [0, 0.05) is 36.0 Å². The molecule has 0 atom stereocenters. The lowest BCUT2D eigenvalue weighted by molar-refractivity contribution is 0.0999. The summed E-state index contributed by atoms with van der Waals surface area (Å²) in [6.07, 6.45) is 5.67. The van der Waals surface area contributed by atoms with E-state index in [-0.39, 0.29) is 0 Å². The van der Waals surface area contributed by atoms with Crippen LogP contribution >= 0.6 is 0 Å². The summed E-state index contributed by atoms with van der Waals surface area (Å²) in [4.78, 5) is 20.0. The lowest BCUT2D eigenvalue weighted by atomic mass is 10.0. The number of hydrogen-bond donors (Lipinski definition) is 1. The Hall–Kier alpha value is -2.75. The third-order valence-electron chi connectivity index (χ3n) is 3.46. The Morgan fingerprint density at radius 3 is 2.86 bits per heavy atom. The van der Waals surface area contributed by atoms with Gasteiger partial charge in [-0.1, -0.05) is 11.6 Å². The maximum Gasteiger partial charge on any atom is 0.249 e. The third kappa shape index (κ3) is 2.74. The van der Waals surface area contributed by atoms with Gasteiger partial charge in [-0.2, -0.15) is 0 Å². The summed E-state index contributed by atoms with van der Waals surface area (Å²) in [5.74, 6) is -0.433. The van der Waals surface area contributed by atoms with Crippen LogP contribution in [-0.4, -0.2) is 15.9 Å². The molecular weight excluding hydrogens is 262 g/mol. The Morgan fingerprint density at radius 1 is 1.19 bits per heavy atom. The topological polar surface area (TPSA) is 68.9 Å². The molecule has 0 aliphatic carbocycles. The smallest absolute Gasteiger partial charge is 0.249 e. The molecule has 0 bridgehead atoms. The molecule has 1 amide bonds. The van der Waals surface area contributed by atoms with Crippen molar-refractivity contribution in [1.29, 1.82) is 0 Å². The Balaban J connectivity index is 2.00. The van der Waals surface area contributed by atoms with Gasteiger partial charge in [-0.15, -0.1) is 0 Å². The molecule has 0 radical (unpaired) electrons. The van der Waals surface area contributed by atoms with Crippen LogP contribution in [0.4, 0.5) is 0 Å². The van der Waals surface area contributed by atoms with Crippen molar-refractivity contribution in [3.05, 3.63) is 71.2 Å². The van der Waals surface area contributed by atoms with E-state index < -0.39 is 5.91 Å². The summed E-state index contributed by atoms with van der Waals surface area (Å²) in [6.45, 7) is 2.05. The van der Waals surface area contributed by atoms with E-state index in [9.17, 15) is 4.79 Å². The molecule has 2 heterocycles. The van der Waals surface area contributed by atoms with Crippen LogP contribution in [0.25, 0.3) is 10.9 Å². The first-order valence-corrected chi connectivity index (χ1v) is 6.71. The normalized spacial score (nSPS) is 10.7. The molecule has 0 saturated carbocycles. The molecule has 4 nitrogen and oxygen atoms in total. The molecule has 21 heavy (non-hydrogen) atoms. The van der Waals surface area contributed by atoms with Crippen molar-refractivity contribution < 1.29 is 4.79 Å². The van der Waals surface area contributed by atoms with Gasteiger partial charge in [0.2, 0.25) is 5.91 Å². The first-order chi connectivity index (χ1) is 10.1. The van der Waals surface area contributed by atoms with Crippen molar-refractivity contribution >= 4 is 16.8 Å². The molecule has 0 spiro atoms. The van der Waals surface area contributed by atoms with E-state index in [4.69, 9.17) is 5.73 Å². The van der Waals surface area contributed by atoms with Crippen molar-refractivity contribution in [3.63, 3.8) is 0 Å². The molecule has 3 rings (SSSR count). The Kier molecular flexibility index (Phi) is 3.36.